The lowest BCUT2D eigenvalue weighted by Gasteiger charge is -2.57. The van der Waals surface area contributed by atoms with Crippen molar-refractivity contribution in [1.29, 1.82) is 0 Å². The number of hydrogen-bond acceptors (Lipinski definition) is 3. The second-order valence-corrected chi connectivity index (χ2v) is 10.1. The van der Waals surface area contributed by atoms with Crippen molar-refractivity contribution in [1.82, 2.24) is 14.7 Å². The zero-order chi connectivity index (χ0) is 22.9. The van der Waals surface area contributed by atoms with Gasteiger partial charge in [-0.3, -0.25) is 14.5 Å². The second kappa shape index (κ2) is 9.34. The molecule has 2 amide bonds. The van der Waals surface area contributed by atoms with Crippen LogP contribution in [0.25, 0.3) is 0 Å². The maximum atomic E-state index is 14.0. The highest BCUT2D eigenvalue weighted by molar-refractivity contribution is 5.94. The fourth-order valence-electron chi connectivity index (χ4n) is 5.63. The van der Waals surface area contributed by atoms with Gasteiger partial charge in [0.15, 0.2) is 0 Å². The Hall–Kier alpha value is -2.21. The molecule has 1 aliphatic heterocycles. The summed E-state index contributed by atoms with van der Waals surface area (Å²) in [7, 11) is 0. The first-order valence-corrected chi connectivity index (χ1v) is 12.0. The Balaban J connectivity index is 1.29. The Morgan fingerprint density at radius 2 is 1.88 bits per heavy atom. The van der Waals surface area contributed by atoms with E-state index in [1.54, 1.807) is 23.1 Å². The van der Waals surface area contributed by atoms with E-state index in [9.17, 15) is 14.0 Å². The minimum absolute atomic E-state index is 0.141. The third kappa shape index (κ3) is 4.47. The predicted octanol–water partition coefficient (Wildman–Crippen LogP) is 3.81. The molecule has 0 aromatic heterocycles. The van der Waals surface area contributed by atoms with Crippen molar-refractivity contribution in [3.63, 3.8) is 0 Å². The van der Waals surface area contributed by atoms with Crippen molar-refractivity contribution in [2.24, 2.45) is 17.3 Å². The minimum atomic E-state index is -0.466. The highest BCUT2D eigenvalue weighted by Gasteiger charge is 2.51. The Morgan fingerprint density at radius 3 is 2.50 bits per heavy atom. The number of carbonyl (C=O) groups is 2. The van der Waals surface area contributed by atoms with Crippen LogP contribution in [0.2, 0.25) is 0 Å². The van der Waals surface area contributed by atoms with Gasteiger partial charge in [0.25, 0.3) is 5.91 Å². The monoisotopic (exact) mass is 441 g/mol. The topological polar surface area (TPSA) is 43.9 Å². The third-order valence-corrected chi connectivity index (χ3v) is 8.06. The molecule has 2 bridgehead atoms. The van der Waals surface area contributed by atoms with E-state index in [0.29, 0.717) is 37.4 Å². The largest absolute Gasteiger partial charge is 0.337 e. The number of benzene rings is 1. The van der Waals surface area contributed by atoms with Gasteiger partial charge in [0.1, 0.15) is 5.82 Å². The fraction of sp³-hybridized carbons (Fsp3) is 0.615. The zero-order valence-corrected chi connectivity index (χ0v) is 19.6. The van der Waals surface area contributed by atoms with Crippen LogP contribution in [0.3, 0.4) is 0 Å². The van der Waals surface area contributed by atoms with Gasteiger partial charge in [-0.05, 0) is 42.2 Å². The fourth-order valence-corrected chi connectivity index (χ4v) is 5.63. The van der Waals surface area contributed by atoms with Crippen LogP contribution in [0.4, 0.5) is 4.39 Å². The second-order valence-electron chi connectivity index (χ2n) is 10.1. The first kappa shape index (κ1) is 23.0. The molecule has 1 saturated carbocycles. The lowest BCUT2D eigenvalue weighted by atomic mass is 9.49. The SMILES string of the molecule is CCC(=O)N(CCN1CCN(C(=O)c2ccccc2F)CC1)CC1=CCC2CC1C2(C)C. The summed E-state index contributed by atoms with van der Waals surface area (Å²) in [6, 6.07) is 6.17. The van der Waals surface area contributed by atoms with Crippen molar-refractivity contribution >= 4 is 11.8 Å². The molecule has 2 unspecified atom stereocenters. The Kier molecular flexibility index (Phi) is 6.70. The highest BCUT2D eigenvalue weighted by Crippen LogP contribution is 2.59. The van der Waals surface area contributed by atoms with Crippen molar-refractivity contribution in [2.75, 3.05) is 45.8 Å². The van der Waals surface area contributed by atoms with Gasteiger partial charge in [-0.15, -0.1) is 0 Å². The van der Waals surface area contributed by atoms with Crippen LogP contribution in [0.5, 0.6) is 0 Å². The van der Waals surface area contributed by atoms with E-state index in [-0.39, 0.29) is 17.4 Å². The van der Waals surface area contributed by atoms with Gasteiger partial charge in [-0.1, -0.05) is 44.6 Å². The van der Waals surface area contributed by atoms with Crippen molar-refractivity contribution < 1.29 is 14.0 Å². The number of halogens is 1. The number of hydrogen-bond donors (Lipinski definition) is 0. The maximum Gasteiger partial charge on any atom is 0.256 e. The van der Waals surface area contributed by atoms with E-state index in [1.165, 1.54) is 18.1 Å². The number of rotatable bonds is 7. The number of carbonyl (C=O) groups excluding carboxylic acids is 2. The average Bonchev–Trinajstić information content (AvgIpc) is 2.81. The first-order chi connectivity index (χ1) is 15.3. The van der Waals surface area contributed by atoms with Crippen LogP contribution in [-0.4, -0.2) is 72.3 Å². The normalized spacial score (nSPS) is 24.5. The lowest BCUT2D eigenvalue weighted by Crippen LogP contribution is -2.52. The minimum Gasteiger partial charge on any atom is -0.337 e. The average molecular weight is 442 g/mol. The van der Waals surface area contributed by atoms with E-state index in [2.05, 4.69) is 24.8 Å². The van der Waals surface area contributed by atoms with Gasteiger partial charge < -0.3 is 9.80 Å². The van der Waals surface area contributed by atoms with Crippen LogP contribution in [0, 0.1) is 23.1 Å². The standard InChI is InChI=1S/C26H36FN3O2/c1-4-24(31)30(18-19-9-10-20-17-22(19)26(20,2)3)16-13-28-11-14-29(15-12-28)25(32)21-7-5-6-8-23(21)27/h5-9,20,22H,4,10-18H2,1-3H3. The summed E-state index contributed by atoms with van der Waals surface area (Å²) in [6.45, 7) is 11.6. The van der Waals surface area contributed by atoms with E-state index in [0.717, 1.165) is 38.5 Å². The van der Waals surface area contributed by atoms with Crippen LogP contribution in [0.1, 0.15) is 50.4 Å². The number of piperazine rings is 1. The molecule has 1 aromatic carbocycles. The molecule has 5 nitrogen and oxygen atoms in total. The van der Waals surface area contributed by atoms with Crippen molar-refractivity contribution in [3.8, 4) is 0 Å². The van der Waals surface area contributed by atoms with Crippen LogP contribution >= 0.6 is 0 Å². The third-order valence-electron chi connectivity index (χ3n) is 8.06. The lowest BCUT2D eigenvalue weighted by molar-refractivity contribution is -0.131. The van der Waals surface area contributed by atoms with E-state index < -0.39 is 5.82 Å². The van der Waals surface area contributed by atoms with Gasteiger partial charge >= 0.3 is 0 Å². The zero-order valence-electron chi connectivity index (χ0n) is 19.6. The molecular formula is C26H36FN3O2. The summed E-state index contributed by atoms with van der Waals surface area (Å²) in [6.07, 6.45) is 5.32. The molecule has 5 rings (SSSR count). The molecular weight excluding hydrogens is 405 g/mol. The van der Waals surface area contributed by atoms with Crippen molar-refractivity contribution in [3.05, 3.63) is 47.3 Å². The molecule has 2 atom stereocenters. The van der Waals surface area contributed by atoms with Crippen LogP contribution in [-0.2, 0) is 4.79 Å². The summed E-state index contributed by atoms with van der Waals surface area (Å²) in [5, 5.41) is 0. The summed E-state index contributed by atoms with van der Waals surface area (Å²) in [5.41, 5.74) is 1.95. The molecule has 174 valence electrons. The number of amides is 2. The molecule has 3 aliphatic carbocycles. The number of allylic oxidation sites excluding steroid dienone is 1. The van der Waals surface area contributed by atoms with E-state index in [4.69, 9.17) is 0 Å². The number of fused-ring (bicyclic) bond motifs is 1. The summed E-state index contributed by atoms with van der Waals surface area (Å²) in [4.78, 5) is 31.4. The molecule has 6 heteroatoms. The molecule has 1 aromatic rings. The Labute approximate surface area is 191 Å². The van der Waals surface area contributed by atoms with E-state index in [1.807, 2.05) is 11.8 Å². The highest BCUT2D eigenvalue weighted by atomic mass is 19.1. The Morgan fingerprint density at radius 1 is 1.16 bits per heavy atom. The number of nitrogens with zero attached hydrogens (tertiary/aromatic N) is 3. The molecule has 2 fully saturated rings. The smallest absolute Gasteiger partial charge is 0.256 e. The molecule has 0 radical (unpaired) electrons. The van der Waals surface area contributed by atoms with Gasteiger partial charge in [-0.25, -0.2) is 4.39 Å². The summed E-state index contributed by atoms with van der Waals surface area (Å²) < 4.78 is 14.0. The quantitative estimate of drug-likeness (QED) is 0.605. The van der Waals surface area contributed by atoms with Gasteiger partial charge in [0.05, 0.1) is 5.56 Å². The molecule has 0 N–H and O–H groups in total. The molecule has 4 aliphatic rings. The van der Waals surface area contributed by atoms with Gasteiger partial charge in [-0.2, -0.15) is 0 Å². The molecule has 0 spiro atoms. The predicted molar refractivity (Wildman–Crippen MR) is 124 cm³/mol. The van der Waals surface area contributed by atoms with Crippen LogP contribution < -0.4 is 0 Å². The van der Waals surface area contributed by atoms with Crippen molar-refractivity contribution in [2.45, 2.75) is 40.0 Å². The first-order valence-electron chi connectivity index (χ1n) is 12.0. The molecule has 1 saturated heterocycles. The van der Waals surface area contributed by atoms with Crippen LogP contribution in [0.15, 0.2) is 35.9 Å². The molecule has 32 heavy (non-hydrogen) atoms. The summed E-state index contributed by atoms with van der Waals surface area (Å²) >= 11 is 0. The van der Waals surface area contributed by atoms with Gasteiger partial charge in [0, 0.05) is 52.2 Å². The Bertz CT molecular complexity index is 889. The van der Waals surface area contributed by atoms with E-state index >= 15 is 0 Å². The van der Waals surface area contributed by atoms with Gasteiger partial charge in [0.2, 0.25) is 5.91 Å². The maximum absolute atomic E-state index is 14.0. The summed E-state index contributed by atoms with van der Waals surface area (Å²) in [5.74, 6) is 0.914. The molecule has 1 heterocycles.